The standard InChI is InChI=1S/C12H11N3O/c16-14-15-8-2-4-10-6-5-9-3-1-7-13-11(9)12(10)15/h1,3,5-7H,2,4,8H2. The van der Waals surface area contributed by atoms with Gasteiger partial charge in [-0.1, -0.05) is 18.2 Å². The molecule has 0 amide bonds. The first-order chi connectivity index (χ1) is 7.90. The smallest absolute Gasteiger partial charge is 0.0958 e. The molecule has 4 nitrogen and oxygen atoms in total. The van der Waals surface area contributed by atoms with E-state index in [4.69, 9.17) is 0 Å². The summed E-state index contributed by atoms with van der Waals surface area (Å²) in [4.78, 5) is 15.2. The molecule has 4 heteroatoms. The number of pyridine rings is 1. The largest absolute Gasteiger partial charge is 0.254 e. The van der Waals surface area contributed by atoms with E-state index in [2.05, 4.69) is 22.4 Å². The second kappa shape index (κ2) is 3.56. The number of hydrogen-bond acceptors (Lipinski definition) is 3. The molecule has 0 atom stereocenters. The Labute approximate surface area is 92.8 Å². The van der Waals surface area contributed by atoms with Gasteiger partial charge in [0.25, 0.3) is 0 Å². The molecule has 0 spiro atoms. The van der Waals surface area contributed by atoms with Crippen molar-refractivity contribution in [2.24, 2.45) is 5.29 Å². The molecule has 1 aromatic carbocycles. The van der Waals surface area contributed by atoms with Crippen LogP contribution in [0.15, 0.2) is 35.7 Å². The SMILES string of the molecule is O=NN1CCCc2ccc3cccnc3c21. The van der Waals surface area contributed by atoms with Gasteiger partial charge in [0.1, 0.15) is 0 Å². The molecule has 0 fully saturated rings. The average Bonchev–Trinajstić information content (AvgIpc) is 2.37. The zero-order valence-electron chi connectivity index (χ0n) is 8.76. The van der Waals surface area contributed by atoms with Gasteiger partial charge in [-0.15, -0.1) is 4.91 Å². The lowest BCUT2D eigenvalue weighted by atomic mass is 10.0. The molecule has 1 aliphatic rings. The molecule has 80 valence electrons. The molecule has 0 N–H and O–H groups in total. The van der Waals surface area contributed by atoms with E-state index in [9.17, 15) is 4.91 Å². The van der Waals surface area contributed by atoms with Crippen LogP contribution < -0.4 is 5.01 Å². The van der Waals surface area contributed by atoms with Gasteiger partial charge >= 0.3 is 0 Å². The van der Waals surface area contributed by atoms with Gasteiger partial charge < -0.3 is 0 Å². The van der Waals surface area contributed by atoms with Gasteiger partial charge in [0.05, 0.1) is 16.5 Å². The molecule has 0 bridgehead atoms. The van der Waals surface area contributed by atoms with Crippen LogP contribution in [-0.4, -0.2) is 11.5 Å². The first kappa shape index (κ1) is 9.27. The molecule has 0 unspecified atom stereocenters. The normalized spacial score (nSPS) is 14.9. The Morgan fingerprint density at radius 2 is 2.25 bits per heavy atom. The number of hydrogen-bond donors (Lipinski definition) is 0. The van der Waals surface area contributed by atoms with Gasteiger partial charge in [-0.05, 0) is 24.5 Å². The summed E-state index contributed by atoms with van der Waals surface area (Å²) >= 11 is 0. The van der Waals surface area contributed by atoms with Crippen molar-refractivity contribution in [3.8, 4) is 0 Å². The van der Waals surface area contributed by atoms with Crippen molar-refractivity contribution in [2.75, 3.05) is 11.6 Å². The maximum Gasteiger partial charge on any atom is 0.0958 e. The summed E-state index contributed by atoms with van der Waals surface area (Å²) in [7, 11) is 0. The molecule has 0 radical (unpaired) electrons. The molecule has 0 saturated heterocycles. The van der Waals surface area contributed by atoms with Gasteiger partial charge in [-0.25, -0.2) is 5.01 Å². The van der Waals surface area contributed by atoms with E-state index in [0.717, 1.165) is 35.0 Å². The van der Waals surface area contributed by atoms with Crippen LogP contribution in [-0.2, 0) is 6.42 Å². The van der Waals surface area contributed by atoms with E-state index in [0.29, 0.717) is 6.54 Å². The van der Waals surface area contributed by atoms with Crippen LogP contribution in [0.3, 0.4) is 0 Å². The monoisotopic (exact) mass is 213 g/mol. The minimum Gasteiger partial charge on any atom is -0.254 e. The third-order valence-corrected chi connectivity index (χ3v) is 3.00. The fourth-order valence-electron chi connectivity index (χ4n) is 2.27. The molecule has 1 aromatic heterocycles. The van der Waals surface area contributed by atoms with E-state index >= 15 is 0 Å². The van der Waals surface area contributed by atoms with Crippen LogP contribution in [0.1, 0.15) is 12.0 Å². The summed E-state index contributed by atoms with van der Waals surface area (Å²) in [6, 6.07) is 8.02. The average molecular weight is 213 g/mol. The highest BCUT2D eigenvalue weighted by Gasteiger charge is 2.20. The Hall–Kier alpha value is -1.97. The second-order valence-corrected chi connectivity index (χ2v) is 3.96. The molecule has 3 rings (SSSR count). The fraction of sp³-hybridized carbons (Fsp3) is 0.250. The summed E-state index contributed by atoms with van der Waals surface area (Å²) in [5, 5.41) is 5.66. The molecule has 2 heterocycles. The topological polar surface area (TPSA) is 45.6 Å². The molecule has 0 saturated carbocycles. The summed E-state index contributed by atoms with van der Waals surface area (Å²) < 4.78 is 0. The number of aromatic nitrogens is 1. The Bertz CT molecular complexity index is 553. The first-order valence-electron chi connectivity index (χ1n) is 5.37. The maximum atomic E-state index is 10.8. The number of anilines is 1. The van der Waals surface area contributed by atoms with Crippen molar-refractivity contribution < 1.29 is 0 Å². The van der Waals surface area contributed by atoms with Crippen LogP contribution in [0, 0.1) is 4.91 Å². The van der Waals surface area contributed by atoms with Gasteiger partial charge in [0.15, 0.2) is 0 Å². The van der Waals surface area contributed by atoms with Crippen molar-refractivity contribution in [3.63, 3.8) is 0 Å². The second-order valence-electron chi connectivity index (χ2n) is 3.96. The molecule has 0 aliphatic carbocycles. The van der Waals surface area contributed by atoms with E-state index in [1.165, 1.54) is 5.01 Å². The molecular formula is C12H11N3O. The Balaban J connectivity index is 2.34. The predicted octanol–water partition coefficient (Wildman–Crippen LogP) is 2.67. The van der Waals surface area contributed by atoms with Crippen molar-refractivity contribution in [2.45, 2.75) is 12.8 Å². The minimum absolute atomic E-state index is 0.687. The number of rotatable bonds is 1. The van der Waals surface area contributed by atoms with Crippen molar-refractivity contribution in [3.05, 3.63) is 40.9 Å². The van der Waals surface area contributed by atoms with Crippen LogP contribution in [0.25, 0.3) is 10.9 Å². The number of nitrogens with zero attached hydrogens (tertiary/aromatic N) is 3. The first-order valence-corrected chi connectivity index (χ1v) is 5.37. The Kier molecular flexibility index (Phi) is 2.06. The van der Waals surface area contributed by atoms with E-state index in [1.54, 1.807) is 6.20 Å². The van der Waals surface area contributed by atoms with Gasteiger partial charge in [0, 0.05) is 18.1 Å². The maximum absolute atomic E-state index is 10.8. The highest BCUT2D eigenvalue weighted by atomic mass is 16.3. The fourth-order valence-corrected chi connectivity index (χ4v) is 2.27. The van der Waals surface area contributed by atoms with Gasteiger partial charge in [-0.2, -0.15) is 0 Å². The zero-order valence-corrected chi connectivity index (χ0v) is 8.76. The lowest BCUT2D eigenvalue weighted by molar-refractivity contribution is 0.714. The van der Waals surface area contributed by atoms with Crippen molar-refractivity contribution >= 4 is 16.6 Å². The molecule has 16 heavy (non-hydrogen) atoms. The van der Waals surface area contributed by atoms with E-state index in [1.807, 2.05) is 12.1 Å². The minimum atomic E-state index is 0.687. The zero-order chi connectivity index (χ0) is 11.0. The predicted molar refractivity (Wildman–Crippen MR) is 63.2 cm³/mol. The number of nitroso groups, excluding NO2 is 1. The van der Waals surface area contributed by atoms with E-state index in [-0.39, 0.29) is 0 Å². The lowest BCUT2D eigenvalue weighted by Gasteiger charge is -2.24. The van der Waals surface area contributed by atoms with Crippen LogP contribution in [0.4, 0.5) is 5.69 Å². The molecule has 2 aromatic rings. The summed E-state index contributed by atoms with van der Waals surface area (Å²) in [5.41, 5.74) is 2.93. The van der Waals surface area contributed by atoms with Gasteiger partial charge in [0.2, 0.25) is 0 Å². The highest BCUT2D eigenvalue weighted by Crippen LogP contribution is 2.33. The third-order valence-electron chi connectivity index (χ3n) is 3.00. The van der Waals surface area contributed by atoms with E-state index < -0.39 is 0 Å². The van der Waals surface area contributed by atoms with Crippen LogP contribution in [0.2, 0.25) is 0 Å². The Morgan fingerprint density at radius 3 is 3.12 bits per heavy atom. The van der Waals surface area contributed by atoms with Crippen molar-refractivity contribution in [1.29, 1.82) is 0 Å². The van der Waals surface area contributed by atoms with Crippen LogP contribution >= 0.6 is 0 Å². The van der Waals surface area contributed by atoms with Gasteiger partial charge in [-0.3, -0.25) is 4.98 Å². The highest BCUT2D eigenvalue weighted by molar-refractivity contribution is 5.92. The molecule has 1 aliphatic heterocycles. The number of fused-ring (bicyclic) bond motifs is 3. The molecular weight excluding hydrogens is 202 g/mol. The third kappa shape index (κ3) is 1.26. The Morgan fingerprint density at radius 1 is 1.31 bits per heavy atom. The van der Waals surface area contributed by atoms with Crippen molar-refractivity contribution in [1.82, 2.24) is 4.98 Å². The summed E-state index contributed by atoms with van der Waals surface area (Å²) in [5.74, 6) is 0. The lowest BCUT2D eigenvalue weighted by Crippen LogP contribution is -2.23. The van der Waals surface area contributed by atoms with Crippen LogP contribution in [0.5, 0.6) is 0 Å². The number of benzene rings is 1. The summed E-state index contributed by atoms with van der Waals surface area (Å²) in [6.45, 7) is 0.687. The number of aryl methyl sites for hydroxylation is 1. The summed E-state index contributed by atoms with van der Waals surface area (Å²) in [6.07, 6.45) is 3.71. The quantitative estimate of drug-likeness (QED) is 0.684.